The van der Waals surface area contributed by atoms with Gasteiger partial charge in [-0.05, 0) is 54.9 Å². The molecule has 1 heteroatoms. The topological polar surface area (TPSA) is 17.1 Å². The van der Waals surface area contributed by atoms with E-state index in [1.165, 1.54) is 10.8 Å². The van der Waals surface area contributed by atoms with Gasteiger partial charge in [0, 0.05) is 0 Å². The maximum atomic E-state index is 15.4. The van der Waals surface area contributed by atoms with Crippen LogP contribution in [-0.4, -0.2) is 5.78 Å². The molecule has 36 heavy (non-hydrogen) atoms. The fourth-order valence-corrected chi connectivity index (χ4v) is 7.32. The average Bonchev–Trinajstić information content (AvgIpc) is 3.34. The quantitative estimate of drug-likeness (QED) is 0.245. The SMILES string of the molecule is O=C1C2(c3ccccc3)c3ccccc3C1(c1ccccc1)c1c2c2ccccc2c2ccccc12. The van der Waals surface area contributed by atoms with Gasteiger partial charge in [0.15, 0.2) is 5.78 Å². The van der Waals surface area contributed by atoms with Gasteiger partial charge in [0.25, 0.3) is 0 Å². The predicted molar refractivity (Wildman–Crippen MR) is 146 cm³/mol. The van der Waals surface area contributed by atoms with Crippen molar-refractivity contribution in [2.75, 3.05) is 0 Å². The first-order valence-electron chi connectivity index (χ1n) is 12.5. The van der Waals surface area contributed by atoms with E-state index in [-0.39, 0.29) is 5.78 Å². The number of hydrogen-bond donors (Lipinski definition) is 0. The highest BCUT2D eigenvalue weighted by molar-refractivity contribution is 6.26. The highest BCUT2D eigenvalue weighted by Crippen LogP contribution is 2.68. The first-order valence-corrected chi connectivity index (χ1v) is 12.5. The molecule has 0 aliphatic heterocycles. The lowest BCUT2D eigenvalue weighted by Crippen LogP contribution is -2.36. The van der Waals surface area contributed by atoms with Gasteiger partial charge in [-0.1, -0.05) is 133 Å². The number of carbonyl (C=O) groups is 1. The standard InChI is InChI=1S/C35H22O/c36-33-34(23-13-3-1-4-14-23)29-21-11-12-22-30(29)35(33,24-15-5-2-6-16-24)32-28-20-10-8-18-26(28)25-17-7-9-19-27(25)31(32)34/h1-22H. The van der Waals surface area contributed by atoms with E-state index in [0.29, 0.717) is 0 Å². The summed E-state index contributed by atoms with van der Waals surface area (Å²) in [6.45, 7) is 0. The van der Waals surface area contributed by atoms with Gasteiger partial charge in [0.1, 0.15) is 10.8 Å². The second-order valence-corrected chi connectivity index (χ2v) is 9.95. The Kier molecular flexibility index (Phi) is 3.74. The van der Waals surface area contributed by atoms with Gasteiger partial charge in [-0.2, -0.15) is 0 Å². The number of ketones is 1. The van der Waals surface area contributed by atoms with Gasteiger partial charge in [-0.15, -0.1) is 0 Å². The highest BCUT2D eigenvalue weighted by atomic mass is 16.1. The number of carbonyl (C=O) groups excluding carboxylic acids is 1. The van der Waals surface area contributed by atoms with Crippen molar-refractivity contribution in [3.63, 3.8) is 0 Å². The summed E-state index contributed by atoms with van der Waals surface area (Å²) >= 11 is 0. The number of fused-ring (bicyclic) bond motifs is 13. The molecule has 0 aromatic heterocycles. The molecular weight excluding hydrogens is 436 g/mol. The second kappa shape index (κ2) is 6.80. The average molecular weight is 459 g/mol. The largest absolute Gasteiger partial charge is 0.296 e. The second-order valence-electron chi connectivity index (χ2n) is 9.95. The summed E-state index contributed by atoms with van der Waals surface area (Å²) in [7, 11) is 0. The van der Waals surface area contributed by atoms with Crippen molar-refractivity contribution in [3.8, 4) is 0 Å². The van der Waals surface area contributed by atoms with Crippen LogP contribution >= 0.6 is 0 Å². The zero-order chi connectivity index (χ0) is 23.9. The number of benzene rings is 6. The molecule has 2 aliphatic rings. The molecule has 0 fully saturated rings. The minimum Gasteiger partial charge on any atom is -0.296 e. The molecule has 0 saturated carbocycles. The lowest BCUT2D eigenvalue weighted by molar-refractivity contribution is -0.122. The molecule has 6 aromatic rings. The van der Waals surface area contributed by atoms with E-state index in [1.807, 2.05) is 12.1 Å². The van der Waals surface area contributed by atoms with Gasteiger partial charge in [-0.25, -0.2) is 0 Å². The van der Waals surface area contributed by atoms with E-state index in [0.717, 1.165) is 44.2 Å². The van der Waals surface area contributed by atoms with Crippen molar-refractivity contribution in [2.45, 2.75) is 10.8 Å². The summed E-state index contributed by atoms with van der Waals surface area (Å²) in [6, 6.07) is 46.6. The summed E-state index contributed by atoms with van der Waals surface area (Å²) in [5.74, 6) is 0.241. The van der Waals surface area contributed by atoms with Crippen LogP contribution in [0.2, 0.25) is 0 Å². The van der Waals surface area contributed by atoms with Crippen LogP contribution in [0.25, 0.3) is 21.5 Å². The predicted octanol–water partition coefficient (Wildman–Crippen LogP) is 7.56. The molecule has 2 unspecified atom stereocenters. The zero-order valence-electron chi connectivity index (χ0n) is 19.6. The number of rotatable bonds is 2. The summed E-state index contributed by atoms with van der Waals surface area (Å²) in [6.07, 6.45) is 0. The lowest BCUT2D eigenvalue weighted by Gasteiger charge is -2.34. The molecule has 0 saturated heterocycles. The fraction of sp³-hybridized carbons (Fsp3) is 0.0571. The lowest BCUT2D eigenvalue weighted by atomic mass is 9.66. The van der Waals surface area contributed by atoms with E-state index < -0.39 is 10.8 Å². The smallest absolute Gasteiger partial charge is 0.171 e. The third-order valence-electron chi connectivity index (χ3n) is 8.51. The molecule has 0 radical (unpaired) electrons. The molecular formula is C35H22O. The van der Waals surface area contributed by atoms with Crippen LogP contribution in [0.1, 0.15) is 33.4 Å². The van der Waals surface area contributed by atoms with Crippen molar-refractivity contribution in [1.29, 1.82) is 0 Å². The van der Waals surface area contributed by atoms with Crippen LogP contribution in [0.4, 0.5) is 0 Å². The van der Waals surface area contributed by atoms with Gasteiger partial charge in [0.2, 0.25) is 0 Å². The molecule has 0 N–H and O–H groups in total. The third-order valence-corrected chi connectivity index (χ3v) is 8.51. The van der Waals surface area contributed by atoms with Gasteiger partial charge >= 0.3 is 0 Å². The maximum absolute atomic E-state index is 15.4. The Bertz CT molecular complexity index is 1720. The maximum Gasteiger partial charge on any atom is 0.171 e. The van der Waals surface area contributed by atoms with Gasteiger partial charge in [-0.3, -0.25) is 4.79 Å². The molecule has 0 spiro atoms. The van der Waals surface area contributed by atoms with E-state index >= 15 is 4.79 Å². The van der Waals surface area contributed by atoms with Gasteiger partial charge < -0.3 is 0 Å². The molecule has 8 rings (SSSR count). The minimum atomic E-state index is -0.868. The van der Waals surface area contributed by atoms with Crippen molar-refractivity contribution in [2.24, 2.45) is 0 Å². The first-order chi connectivity index (χ1) is 17.8. The Labute approximate surface area is 209 Å². The van der Waals surface area contributed by atoms with E-state index in [4.69, 9.17) is 0 Å². The Morgan fingerprint density at radius 3 is 1.11 bits per heavy atom. The summed E-state index contributed by atoms with van der Waals surface area (Å²) in [5, 5.41) is 4.72. The minimum absolute atomic E-state index is 0.241. The summed E-state index contributed by atoms with van der Waals surface area (Å²) in [4.78, 5) is 15.4. The number of Topliss-reactive ketones (excluding diaryl/α,β-unsaturated/α-hetero) is 1. The normalized spacial score (nSPS) is 21.6. The molecule has 0 amide bonds. The van der Waals surface area contributed by atoms with Crippen LogP contribution in [0, 0.1) is 0 Å². The fourth-order valence-electron chi connectivity index (χ4n) is 7.32. The van der Waals surface area contributed by atoms with Crippen LogP contribution < -0.4 is 0 Å². The summed E-state index contributed by atoms with van der Waals surface area (Å²) < 4.78 is 0. The molecule has 6 aromatic carbocycles. The summed E-state index contributed by atoms with van der Waals surface area (Å²) in [5.41, 5.74) is 4.86. The molecule has 168 valence electrons. The molecule has 1 nitrogen and oxygen atoms in total. The molecule has 0 heterocycles. The molecule has 2 atom stereocenters. The molecule has 2 aliphatic carbocycles. The molecule has 2 bridgehead atoms. The van der Waals surface area contributed by atoms with Gasteiger partial charge in [0.05, 0.1) is 0 Å². The van der Waals surface area contributed by atoms with Crippen molar-refractivity contribution in [3.05, 3.63) is 167 Å². The number of hydrogen-bond acceptors (Lipinski definition) is 1. The van der Waals surface area contributed by atoms with Crippen LogP contribution in [0.3, 0.4) is 0 Å². The van der Waals surface area contributed by atoms with Crippen molar-refractivity contribution >= 4 is 27.3 Å². The Balaban J connectivity index is 1.72. The van der Waals surface area contributed by atoms with Crippen LogP contribution in [0.5, 0.6) is 0 Å². The van der Waals surface area contributed by atoms with Crippen LogP contribution in [0.15, 0.2) is 133 Å². The Hall–Kier alpha value is -4.49. The Morgan fingerprint density at radius 2 is 0.694 bits per heavy atom. The Morgan fingerprint density at radius 1 is 0.361 bits per heavy atom. The monoisotopic (exact) mass is 458 g/mol. The third kappa shape index (κ3) is 2.04. The highest BCUT2D eigenvalue weighted by Gasteiger charge is 2.70. The van der Waals surface area contributed by atoms with E-state index in [1.54, 1.807) is 0 Å². The van der Waals surface area contributed by atoms with E-state index in [2.05, 4.69) is 121 Å². The zero-order valence-corrected chi connectivity index (χ0v) is 19.6. The van der Waals surface area contributed by atoms with E-state index in [9.17, 15) is 0 Å². The van der Waals surface area contributed by atoms with Crippen LogP contribution in [-0.2, 0) is 15.6 Å². The van der Waals surface area contributed by atoms with Crippen molar-refractivity contribution < 1.29 is 4.79 Å². The van der Waals surface area contributed by atoms with Crippen molar-refractivity contribution in [1.82, 2.24) is 0 Å². The first kappa shape index (κ1) is 19.8.